The maximum Gasteiger partial charge on any atom is 0.171 e. The standard InChI is InChI=1S/C12H14ClNO2/c1-12(2)10(15)7-4-3-6(13)5-8(7)9(14)11(12)16/h3-5,9,11,16H,14H2,1-2H3. The normalized spacial score (nSPS) is 27.7. The largest absolute Gasteiger partial charge is 0.390 e. The Labute approximate surface area is 99.2 Å². The van der Waals surface area contributed by atoms with Crippen LogP contribution in [0.5, 0.6) is 0 Å². The Morgan fingerprint density at radius 3 is 2.69 bits per heavy atom. The lowest BCUT2D eigenvalue weighted by molar-refractivity contribution is 0.0209. The molecule has 0 amide bonds. The van der Waals surface area contributed by atoms with Crippen LogP contribution in [-0.4, -0.2) is 17.0 Å². The first kappa shape index (κ1) is 11.6. The van der Waals surface area contributed by atoms with Crippen molar-refractivity contribution in [3.63, 3.8) is 0 Å². The number of aliphatic hydroxyl groups is 1. The molecule has 2 unspecified atom stereocenters. The van der Waals surface area contributed by atoms with Crippen LogP contribution in [0.1, 0.15) is 35.8 Å². The molecule has 1 aliphatic carbocycles. The molecular formula is C12H14ClNO2. The van der Waals surface area contributed by atoms with Crippen molar-refractivity contribution < 1.29 is 9.90 Å². The summed E-state index contributed by atoms with van der Waals surface area (Å²) in [4.78, 5) is 12.1. The number of fused-ring (bicyclic) bond motifs is 1. The van der Waals surface area contributed by atoms with Gasteiger partial charge in [0.2, 0.25) is 0 Å². The minimum Gasteiger partial charge on any atom is -0.390 e. The lowest BCUT2D eigenvalue weighted by atomic mass is 9.69. The average Bonchev–Trinajstić information content (AvgIpc) is 2.24. The van der Waals surface area contributed by atoms with Gasteiger partial charge >= 0.3 is 0 Å². The molecule has 0 saturated carbocycles. The number of nitrogens with two attached hydrogens (primary N) is 1. The Bertz CT molecular complexity index is 456. The monoisotopic (exact) mass is 239 g/mol. The van der Waals surface area contributed by atoms with Crippen LogP contribution < -0.4 is 5.73 Å². The minimum absolute atomic E-state index is 0.0895. The predicted molar refractivity (Wildman–Crippen MR) is 62.5 cm³/mol. The quantitative estimate of drug-likeness (QED) is 0.727. The number of rotatable bonds is 0. The highest BCUT2D eigenvalue weighted by Crippen LogP contribution is 2.40. The fourth-order valence-corrected chi connectivity index (χ4v) is 2.30. The second-order valence-electron chi connectivity index (χ2n) is 4.75. The van der Waals surface area contributed by atoms with E-state index in [1.165, 1.54) is 0 Å². The van der Waals surface area contributed by atoms with Gasteiger partial charge in [-0.25, -0.2) is 0 Å². The third kappa shape index (κ3) is 1.47. The first-order chi connectivity index (χ1) is 7.35. The van der Waals surface area contributed by atoms with Gasteiger partial charge in [0.15, 0.2) is 5.78 Å². The Balaban J connectivity index is 2.64. The SMILES string of the molecule is CC1(C)C(=O)c2ccc(Cl)cc2C(N)C1O. The number of halogens is 1. The number of aliphatic hydroxyl groups excluding tert-OH is 1. The van der Waals surface area contributed by atoms with Crippen LogP contribution in [0.15, 0.2) is 18.2 Å². The van der Waals surface area contributed by atoms with Gasteiger partial charge in [-0.3, -0.25) is 4.79 Å². The van der Waals surface area contributed by atoms with Gasteiger partial charge in [-0.05, 0) is 37.6 Å². The fourth-order valence-electron chi connectivity index (χ4n) is 2.12. The van der Waals surface area contributed by atoms with E-state index >= 15 is 0 Å². The summed E-state index contributed by atoms with van der Waals surface area (Å²) in [5.41, 5.74) is 6.28. The third-order valence-corrected chi connectivity index (χ3v) is 3.52. The van der Waals surface area contributed by atoms with Gasteiger partial charge in [-0.1, -0.05) is 11.6 Å². The molecule has 2 atom stereocenters. The Hall–Kier alpha value is -0.900. The maximum absolute atomic E-state index is 12.1. The zero-order valence-electron chi connectivity index (χ0n) is 9.20. The lowest BCUT2D eigenvalue weighted by Gasteiger charge is -2.38. The van der Waals surface area contributed by atoms with Crippen LogP contribution >= 0.6 is 11.6 Å². The van der Waals surface area contributed by atoms with Gasteiger partial charge < -0.3 is 10.8 Å². The number of hydrogen-bond donors (Lipinski definition) is 2. The summed E-state index contributed by atoms with van der Waals surface area (Å²) >= 11 is 5.86. The highest BCUT2D eigenvalue weighted by Gasteiger charge is 2.45. The van der Waals surface area contributed by atoms with Gasteiger partial charge in [0, 0.05) is 10.6 Å². The van der Waals surface area contributed by atoms with E-state index in [0.717, 1.165) is 0 Å². The van der Waals surface area contributed by atoms with Crippen LogP contribution in [0.25, 0.3) is 0 Å². The topological polar surface area (TPSA) is 63.3 Å². The Morgan fingerprint density at radius 1 is 1.44 bits per heavy atom. The van der Waals surface area contributed by atoms with Crippen LogP contribution in [0.4, 0.5) is 0 Å². The number of carbonyl (C=O) groups excluding carboxylic acids is 1. The summed E-state index contributed by atoms with van der Waals surface area (Å²) in [7, 11) is 0. The second-order valence-corrected chi connectivity index (χ2v) is 5.19. The maximum atomic E-state index is 12.1. The van der Waals surface area contributed by atoms with Crippen molar-refractivity contribution in [2.24, 2.45) is 11.1 Å². The molecule has 3 nitrogen and oxygen atoms in total. The van der Waals surface area contributed by atoms with Crippen molar-refractivity contribution in [2.75, 3.05) is 0 Å². The van der Waals surface area contributed by atoms with Crippen LogP contribution in [0.3, 0.4) is 0 Å². The van der Waals surface area contributed by atoms with Crippen molar-refractivity contribution in [2.45, 2.75) is 26.0 Å². The number of ketones is 1. The van der Waals surface area contributed by atoms with E-state index in [1.807, 2.05) is 0 Å². The van der Waals surface area contributed by atoms with E-state index < -0.39 is 17.6 Å². The van der Waals surface area contributed by atoms with E-state index in [1.54, 1.807) is 32.0 Å². The van der Waals surface area contributed by atoms with Crippen molar-refractivity contribution in [3.8, 4) is 0 Å². The molecule has 0 heterocycles. The molecule has 86 valence electrons. The molecule has 0 aliphatic heterocycles. The van der Waals surface area contributed by atoms with Gasteiger partial charge in [0.05, 0.1) is 17.6 Å². The first-order valence-corrected chi connectivity index (χ1v) is 5.51. The number of benzene rings is 1. The molecule has 0 fully saturated rings. The van der Waals surface area contributed by atoms with Crippen molar-refractivity contribution in [1.82, 2.24) is 0 Å². The van der Waals surface area contributed by atoms with Gasteiger partial charge in [0.25, 0.3) is 0 Å². The molecule has 0 spiro atoms. The summed E-state index contributed by atoms with van der Waals surface area (Å²) in [6.07, 6.45) is -0.883. The zero-order valence-corrected chi connectivity index (χ0v) is 9.95. The molecule has 0 saturated heterocycles. The highest BCUT2D eigenvalue weighted by molar-refractivity contribution is 6.30. The molecule has 4 heteroatoms. The molecule has 0 radical (unpaired) electrons. The Kier molecular flexibility index (Phi) is 2.57. The lowest BCUT2D eigenvalue weighted by Crippen LogP contribution is -2.48. The molecule has 1 aromatic rings. The average molecular weight is 240 g/mol. The smallest absolute Gasteiger partial charge is 0.171 e. The van der Waals surface area contributed by atoms with E-state index in [4.69, 9.17) is 17.3 Å². The second kappa shape index (κ2) is 3.55. The molecule has 3 N–H and O–H groups in total. The number of hydrogen-bond acceptors (Lipinski definition) is 3. The van der Waals surface area contributed by atoms with Crippen LogP contribution in [0, 0.1) is 5.41 Å². The summed E-state index contributed by atoms with van der Waals surface area (Å²) in [5, 5.41) is 10.5. The van der Waals surface area contributed by atoms with E-state index in [9.17, 15) is 9.90 Å². The highest BCUT2D eigenvalue weighted by atomic mass is 35.5. The predicted octanol–water partition coefficient (Wildman–Crippen LogP) is 1.92. The fraction of sp³-hybridized carbons (Fsp3) is 0.417. The molecule has 0 bridgehead atoms. The van der Waals surface area contributed by atoms with Gasteiger partial charge in [0.1, 0.15) is 0 Å². The summed E-state index contributed by atoms with van der Waals surface area (Å²) in [6.45, 7) is 3.41. The zero-order chi connectivity index (χ0) is 12.1. The number of carbonyl (C=O) groups is 1. The molecule has 16 heavy (non-hydrogen) atoms. The molecule has 1 aliphatic rings. The van der Waals surface area contributed by atoms with Crippen LogP contribution in [0.2, 0.25) is 5.02 Å². The summed E-state index contributed by atoms with van der Waals surface area (Å²) < 4.78 is 0. The third-order valence-electron chi connectivity index (χ3n) is 3.28. The first-order valence-electron chi connectivity index (χ1n) is 5.13. The van der Waals surface area contributed by atoms with Crippen molar-refractivity contribution >= 4 is 17.4 Å². The molecule has 1 aromatic carbocycles. The molecule has 0 aromatic heterocycles. The minimum atomic E-state index is -0.883. The van der Waals surface area contributed by atoms with Gasteiger partial charge in [-0.15, -0.1) is 0 Å². The van der Waals surface area contributed by atoms with E-state index in [-0.39, 0.29) is 5.78 Å². The van der Waals surface area contributed by atoms with E-state index in [2.05, 4.69) is 0 Å². The van der Waals surface area contributed by atoms with Crippen molar-refractivity contribution in [3.05, 3.63) is 34.3 Å². The van der Waals surface area contributed by atoms with E-state index in [0.29, 0.717) is 16.1 Å². The van der Waals surface area contributed by atoms with Crippen molar-refractivity contribution in [1.29, 1.82) is 0 Å². The summed E-state index contributed by atoms with van der Waals surface area (Å²) in [6, 6.07) is 4.42. The van der Waals surface area contributed by atoms with Crippen LogP contribution in [-0.2, 0) is 0 Å². The molecule has 2 rings (SSSR count). The molecular weight excluding hydrogens is 226 g/mol. The number of Topliss-reactive ketones (excluding diaryl/α,β-unsaturated/α-hetero) is 1. The summed E-state index contributed by atoms with van der Waals surface area (Å²) in [5.74, 6) is -0.0895. The Morgan fingerprint density at radius 2 is 2.06 bits per heavy atom. The van der Waals surface area contributed by atoms with Gasteiger partial charge in [-0.2, -0.15) is 0 Å².